The van der Waals surface area contributed by atoms with E-state index < -0.39 is 11.7 Å². The fraction of sp³-hybridized carbons (Fsp3) is 0.182. The average Bonchev–Trinajstić information content (AvgIpc) is 2.15. The van der Waals surface area contributed by atoms with Crippen LogP contribution in [-0.4, -0.2) is 4.98 Å². The van der Waals surface area contributed by atoms with Crippen LogP contribution in [0, 0.1) is 6.92 Å². The monoisotopic (exact) mass is 211 g/mol. The molecule has 1 aromatic carbocycles. The van der Waals surface area contributed by atoms with Crippen molar-refractivity contribution in [3.63, 3.8) is 0 Å². The van der Waals surface area contributed by atoms with Crippen molar-refractivity contribution in [3.05, 3.63) is 41.6 Å². The number of alkyl halides is 3. The Morgan fingerprint density at radius 2 is 1.87 bits per heavy atom. The summed E-state index contributed by atoms with van der Waals surface area (Å²) in [5, 5.41) is 0.725. The molecular weight excluding hydrogens is 203 g/mol. The molecule has 0 atom stereocenters. The molecule has 0 aliphatic heterocycles. The van der Waals surface area contributed by atoms with Crippen LogP contribution in [0.15, 0.2) is 30.5 Å². The van der Waals surface area contributed by atoms with Crippen molar-refractivity contribution in [1.29, 1.82) is 0 Å². The minimum atomic E-state index is -4.30. The molecule has 0 amide bonds. The predicted octanol–water partition coefficient (Wildman–Crippen LogP) is 3.56. The third kappa shape index (κ3) is 1.93. The van der Waals surface area contributed by atoms with Crippen molar-refractivity contribution in [2.24, 2.45) is 0 Å². The molecule has 1 aromatic heterocycles. The number of aryl methyl sites for hydroxylation is 1. The first kappa shape index (κ1) is 9.96. The largest absolute Gasteiger partial charge is 0.416 e. The van der Waals surface area contributed by atoms with Crippen molar-refractivity contribution in [2.75, 3.05) is 0 Å². The van der Waals surface area contributed by atoms with Gasteiger partial charge >= 0.3 is 6.18 Å². The van der Waals surface area contributed by atoms with Gasteiger partial charge < -0.3 is 0 Å². The highest BCUT2D eigenvalue weighted by Crippen LogP contribution is 2.30. The highest BCUT2D eigenvalue weighted by atomic mass is 19.4. The van der Waals surface area contributed by atoms with Crippen LogP contribution in [0.5, 0.6) is 0 Å². The number of fused-ring (bicyclic) bond motifs is 1. The van der Waals surface area contributed by atoms with Gasteiger partial charge in [0.25, 0.3) is 0 Å². The Morgan fingerprint density at radius 3 is 2.53 bits per heavy atom. The molecule has 2 aromatic rings. The van der Waals surface area contributed by atoms with Gasteiger partial charge in [0, 0.05) is 11.6 Å². The zero-order valence-corrected chi connectivity index (χ0v) is 7.97. The topological polar surface area (TPSA) is 12.9 Å². The maximum absolute atomic E-state index is 12.4. The highest BCUT2D eigenvalue weighted by molar-refractivity contribution is 5.79. The van der Waals surface area contributed by atoms with Crippen molar-refractivity contribution in [2.45, 2.75) is 13.1 Å². The Bertz CT molecular complexity index is 503. The maximum Gasteiger partial charge on any atom is 0.416 e. The molecule has 0 aliphatic rings. The van der Waals surface area contributed by atoms with Gasteiger partial charge in [-0.15, -0.1) is 0 Å². The third-order valence-corrected chi connectivity index (χ3v) is 2.15. The van der Waals surface area contributed by atoms with E-state index in [0.717, 1.165) is 23.1 Å². The molecule has 0 radical (unpaired) electrons. The predicted molar refractivity (Wildman–Crippen MR) is 51.5 cm³/mol. The average molecular weight is 211 g/mol. The van der Waals surface area contributed by atoms with E-state index in [4.69, 9.17) is 0 Å². The van der Waals surface area contributed by atoms with Gasteiger partial charge in [0.2, 0.25) is 0 Å². The van der Waals surface area contributed by atoms with Crippen molar-refractivity contribution in [3.8, 4) is 0 Å². The fourth-order valence-corrected chi connectivity index (χ4v) is 1.41. The smallest absolute Gasteiger partial charge is 0.256 e. The van der Waals surface area contributed by atoms with Crippen LogP contribution in [0.3, 0.4) is 0 Å². The molecular formula is C11H8F3N. The second-order valence-electron chi connectivity index (χ2n) is 3.42. The van der Waals surface area contributed by atoms with Crippen LogP contribution in [-0.2, 0) is 6.18 Å². The highest BCUT2D eigenvalue weighted by Gasteiger charge is 2.30. The van der Waals surface area contributed by atoms with E-state index in [9.17, 15) is 13.2 Å². The van der Waals surface area contributed by atoms with Crippen LogP contribution in [0.4, 0.5) is 13.2 Å². The third-order valence-electron chi connectivity index (χ3n) is 2.15. The lowest BCUT2D eigenvalue weighted by Gasteiger charge is -2.07. The molecule has 4 heteroatoms. The Hall–Kier alpha value is -1.58. The molecule has 0 aliphatic carbocycles. The zero-order chi connectivity index (χ0) is 11.1. The summed E-state index contributed by atoms with van der Waals surface area (Å²) in [4.78, 5) is 3.95. The summed E-state index contributed by atoms with van der Waals surface area (Å²) >= 11 is 0. The Morgan fingerprint density at radius 1 is 1.13 bits per heavy atom. The molecule has 15 heavy (non-hydrogen) atoms. The molecule has 0 fully saturated rings. The van der Waals surface area contributed by atoms with E-state index in [1.807, 2.05) is 13.0 Å². The lowest BCUT2D eigenvalue weighted by molar-refractivity contribution is -0.137. The number of hydrogen-bond acceptors (Lipinski definition) is 1. The van der Waals surface area contributed by atoms with E-state index in [1.54, 1.807) is 6.20 Å². The lowest BCUT2D eigenvalue weighted by Crippen LogP contribution is -2.04. The van der Waals surface area contributed by atoms with E-state index in [-0.39, 0.29) is 0 Å². The second-order valence-corrected chi connectivity index (χ2v) is 3.42. The Kier molecular flexibility index (Phi) is 2.14. The molecule has 0 spiro atoms. The second kappa shape index (κ2) is 3.22. The van der Waals surface area contributed by atoms with Crippen LogP contribution in [0.25, 0.3) is 10.9 Å². The first-order valence-corrected chi connectivity index (χ1v) is 4.40. The summed E-state index contributed by atoms with van der Waals surface area (Å²) in [6, 6.07) is 5.39. The minimum absolute atomic E-state index is 0.371. The summed E-state index contributed by atoms with van der Waals surface area (Å²) in [6.07, 6.45) is -2.75. The molecule has 0 unspecified atom stereocenters. The van der Waals surface area contributed by atoms with Gasteiger partial charge in [0.05, 0.1) is 11.1 Å². The first-order chi connectivity index (χ1) is 6.97. The van der Waals surface area contributed by atoms with Gasteiger partial charge in [0.1, 0.15) is 0 Å². The minimum Gasteiger partial charge on any atom is -0.256 e. The molecule has 0 saturated heterocycles. The fourth-order valence-electron chi connectivity index (χ4n) is 1.41. The summed E-state index contributed by atoms with van der Waals surface area (Å²) in [6.45, 7) is 1.85. The maximum atomic E-state index is 12.4. The zero-order valence-electron chi connectivity index (χ0n) is 7.97. The number of pyridine rings is 1. The molecule has 78 valence electrons. The van der Waals surface area contributed by atoms with Crippen LogP contribution in [0.1, 0.15) is 11.1 Å². The van der Waals surface area contributed by atoms with E-state index >= 15 is 0 Å². The van der Waals surface area contributed by atoms with E-state index in [2.05, 4.69) is 4.98 Å². The number of aromatic nitrogens is 1. The number of rotatable bonds is 0. The van der Waals surface area contributed by atoms with Gasteiger partial charge in [-0.05, 0) is 30.7 Å². The summed E-state index contributed by atoms with van der Waals surface area (Å²) in [7, 11) is 0. The molecule has 2 rings (SSSR count). The van der Waals surface area contributed by atoms with Gasteiger partial charge in [-0.3, -0.25) is 4.98 Å². The van der Waals surface area contributed by atoms with Crippen LogP contribution < -0.4 is 0 Å². The summed E-state index contributed by atoms with van der Waals surface area (Å²) < 4.78 is 37.1. The quantitative estimate of drug-likeness (QED) is 0.649. The summed E-state index contributed by atoms with van der Waals surface area (Å²) in [5.41, 5.74) is 0.643. The lowest BCUT2D eigenvalue weighted by atomic mass is 10.1. The van der Waals surface area contributed by atoms with Crippen LogP contribution in [0.2, 0.25) is 0 Å². The van der Waals surface area contributed by atoms with E-state index in [0.29, 0.717) is 5.52 Å². The summed E-state index contributed by atoms with van der Waals surface area (Å²) in [5.74, 6) is 0. The number of nitrogens with zero attached hydrogens (tertiary/aromatic N) is 1. The first-order valence-electron chi connectivity index (χ1n) is 4.40. The normalized spacial score (nSPS) is 12.0. The van der Waals surface area contributed by atoms with E-state index in [1.165, 1.54) is 6.07 Å². The molecule has 0 bridgehead atoms. The molecule has 0 saturated carbocycles. The SMILES string of the molecule is Cc1cnc2cc(C(F)(F)F)ccc2c1. The van der Waals surface area contributed by atoms with Gasteiger partial charge in [0.15, 0.2) is 0 Å². The van der Waals surface area contributed by atoms with Crippen LogP contribution >= 0.6 is 0 Å². The Labute approximate surface area is 84.6 Å². The van der Waals surface area contributed by atoms with Crippen molar-refractivity contribution < 1.29 is 13.2 Å². The van der Waals surface area contributed by atoms with Gasteiger partial charge in [-0.2, -0.15) is 13.2 Å². The standard InChI is InChI=1S/C11H8F3N/c1-7-4-8-2-3-9(11(12,13)14)5-10(8)15-6-7/h2-6H,1H3. The van der Waals surface area contributed by atoms with Gasteiger partial charge in [-0.1, -0.05) is 6.07 Å². The number of halogens is 3. The van der Waals surface area contributed by atoms with Gasteiger partial charge in [-0.25, -0.2) is 0 Å². The number of hydrogen-bond donors (Lipinski definition) is 0. The Balaban J connectivity index is 2.62. The molecule has 1 heterocycles. The molecule has 0 N–H and O–H groups in total. The molecule has 1 nitrogen and oxygen atoms in total. The van der Waals surface area contributed by atoms with Crippen molar-refractivity contribution >= 4 is 10.9 Å². The van der Waals surface area contributed by atoms with Crippen molar-refractivity contribution in [1.82, 2.24) is 4.98 Å². The number of benzene rings is 1.